The molecule has 0 bridgehead atoms. The summed E-state index contributed by atoms with van der Waals surface area (Å²) < 4.78 is 0.656. The third-order valence-electron chi connectivity index (χ3n) is 3.04. The smallest absolute Gasteiger partial charge is 0.321 e. The molecule has 0 unspecified atom stereocenters. The van der Waals surface area contributed by atoms with Crippen LogP contribution in [0.3, 0.4) is 0 Å². The van der Waals surface area contributed by atoms with Gasteiger partial charge in [0, 0.05) is 12.7 Å². The largest absolute Gasteiger partial charge is 0.341 e. The number of rotatable bonds is 6. The second-order valence-corrected chi connectivity index (χ2v) is 7.39. The third-order valence-corrected chi connectivity index (χ3v) is 5.01. The number of benzene rings is 1. The molecule has 2 aromatic rings. The summed E-state index contributed by atoms with van der Waals surface area (Å²) in [6, 6.07) is 7.63. The van der Waals surface area contributed by atoms with Crippen molar-refractivity contribution in [3.8, 4) is 0 Å². The number of nitrogens with one attached hydrogen (secondary N) is 3. The average molecular weight is 365 g/mol. The zero-order valence-corrected chi connectivity index (χ0v) is 15.3. The van der Waals surface area contributed by atoms with E-state index in [1.807, 2.05) is 12.1 Å². The molecule has 3 N–H and O–H groups in total. The molecule has 2 rings (SSSR count). The predicted molar refractivity (Wildman–Crippen MR) is 97.0 cm³/mol. The van der Waals surface area contributed by atoms with Crippen LogP contribution in [0.4, 0.5) is 15.6 Å². The van der Waals surface area contributed by atoms with Crippen molar-refractivity contribution in [2.24, 2.45) is 0 Å². The van der Waals surface area contributed by atoms with E-state index in [0.29, 0.717) is 15.4 Å². The summed E-state index contributed by atoms with van der Waals surface area (Å²) >= 11 is 2.59. The van der Waals surface area contributed by atoms with Crippen LogP contribution in [0.2, 0.25) is 0 Å². The average Bonchev–Trinajstić information content (AvgIpc) is 3.00. The number of nitrogens with zero attached hydrogens (tertiary/aromatic N) is 2. The van der Waals surface area contributed by atoms with Crippen LogP contribution in [-0.4, -0.2) is 34.9 Å². The van der Waals surface area contributed by atoms with Gasteiger partial charge in [0.25, 0.3) is 0 Å². The molecule has 1 aromatic carbocycles. The molecule has 0 saturated heterocycles. The molecule has 7 nitrogen and oxygen atoms in total. The molecule has 3 amide bonds. The number of urea groups is 1. The van der Waals surface area contributed by atoms with E-state index in [4.69, 9.17) is 0 Å². The number of hydrogen-bond donors (Lipinski definition) is 3. The molecule has 24 heavy (non-hydrogen) atoms. The Morgan fingerprint density at radius 3 is 2.54 bits per heavy atom. The van der Waals surface area contributed by atoms with Crippen molar-refractivity contribution in [3.05, 3.63) is 29.8 Å². The molecule has 0 fully saturated rings. The zero-order valence-electron chi connectivity index (χ0n) is 13.6. The summed E-state index contributed by atoms with van der Waals surface area (Å²) in [5.74, 6) is 0.211. The molecule has 0 radical (unpaired) electrons. The fraction of sp³-hybridized carbons (Fsp3) is 0.333. The Balaban J connectivity index is 1.86. The summed E-state index contributed by atoms with van der Waals surface area (Å²) in [7, 11) is 1.45. The van der Waals surface area contributed by atoms with Crippen LogP contribution < -0.4 is 16.0 Å². The molecule has 0 aliphatic rings. The third kappa shape index (κ3) is 5.50. The first-order valence-electron chi connectivity index (χ1n) is 7.32. The molecule has 0 aliphatic carbocycles. The molecule has 0 aliphatic heterocycles. The quantitative estimate of drug-likeness (QED) is 0.681. The van der Waals surface area contributed by atoms with Crippen molar-refractivity contribution in [2.75, 3.05) is 18.1 Å². The zero-order chi connectivity index (χ0) is 17.5. The van der Waals surface area contributed by atoms with Gasteiger partial charge in [-0.25, -0.2) is 4.79 Å². The fourth-order valence-electron chi connectivity index (χ4n) is 1.75. The number of amides is 3. The Bertz CT molecular complexity index is 700. The molecule has 0 spiro atoms. The lowest BCUT2D eigenvalue weighted by Gasteiger charge is -2.06. The fourth-order valence-corrected chi connectivity index (χ4v) is 3.32. The molecule has 9 heteroatoms. The summed E-state index contributed by atoms with van der Waals surface area (Å²) in [5, 5.41) is 16.4. The van der Waals surface area contributed by atoms with E-state index in [-0.39, 0.29) is 11.7 Å². The lowest BCUT2D eigenvalue weighted by atomic mass is 10.0. The van der Waals surface area contributed by atoms with E-state index in [0.717, 1.165) is 5.69 Å². The van der Waals surface area contributed by atoms with Crippen molar-refractivity contribution in [3.63, 3.8) is 0 Å². The van der Waals surface area contributed by atoms with Gasteiger partial charge < -0.3 is 10.6 Å². The molecule has 1 heterocycles. The van der Waals surface area contributed by atoms with E-state index in [2.05, 4.69) is 52.1 Å². The Morgan fingerprint density at radius 2 is 1.92 bits per heavy atom. The van der Waals surface area contributed by atoms with Crippen LogP contribution in [0.25, 0.3) is 0 Å². The first-order valence-corrected chi connectivity index (χ1v) is 9.13. The van der Waals surface area contributed by atoms with Crippen LogP contribution in [0.5, 0.6) is 0 Å². The Hall–Kier alpha value is -2.13. The molecule has 1 aromatic heterocycles. The van der Waals surface area contributed by atoms with E-state index in [1.165, 1.54) is 35.7 Å². The van der Waals surface area contributed by atoms with E-state index < -0.39 is 6.03 Å². The Labute approximate surface area is 148 Å². The number of anilines is 2. The van der Waals surface area contributed by atoms with Crippen molar-refractivity contribution < 1.29 is 9.59 Å². The van der Waals surface area contributed by atoms with E-state index in [1.54, 1.807) is 0 Å². The summed E-state index contributed by atoms with van der Waals surface area (Å²) in [4.78, 5) is 22.5. The molecule has 128 valence electrons. The normalized spacial score (nSPS) is 10.5. The SMILES string of the molecule is CNC(=O)NC(=O)CSc1nnc(Nc2ccc(C(C)C)cc2)s1. The summed E-state index contributed by atoms with van der Waals surface area (Å²) in [6.45, 7) is 4.30. The van der Waals surface area contributed by atoms with Crippen molar-refractivity contribution >= 4 is 45.9 Å². The summed E-state index contributed by atoms with van der Waals surface area (Å²) in [6.07, 6.45) is 0. The minimum Gasteiger partial charge on any atom is -0.341 e. The number of carbonyl (C=O) groups excluding carboxylic acids is 2. The first-order chi connectivity index (χ1) is 11.5. The van der Waals surface area contributed by atoms with Gasteiger partial charge in [-0.3, -0.25) is 10.1 Å². The number of carbonyl (C=O) groups is 2. The predicted octanol–water partition coefficient (Wildman–Crippen LogP) is 2.95. The monoisotopic (exact) mass is 365 g/mol. The van der Waals surface area contributed by atoms with Gasteiger partial charge in [0.1, 0.15) is 0 Å². The van der Waals surface area contributed by atoms with Crippen LogP contribution >= 0.6 is 23.1 Å². The second-order valence-electron chi connectivity index (χ2n) is 5.19. The molecular formula is C15H19N5O2S2. The van der Waals surface area contributed by atoms with Gasteiger partial charge in [-0.15, -0.1) is 10.2 Å². The highest BCUT2D eigenvalue weighted by molar-refractivity contribution is 8.01. The van der Waals surface area contributed by atoms with Gasteiger partial charge >= 0.3 is 6.03 Å². The van der Waals surface area contributed by atoms with Gasteiger partial charge in [0.2, 0.25) is 11.0 Å². The highest BCUT2D eigenvalue weighted by Crippen LogP contribution is 2.28. The minimum atomic E-state index is -0.523. The van der Waals surface area contributed by atoms with Crippen molar-refractivity contribution in [2.45, 2.75) is 24.1 Å². The summed E-state index contributed by atoms with van der Waals surface area (Å²) in [5.41, 5.74) is 2.21. The van der Waals surface area contributed by atoms with Crippen LogP contribution in [0.1, 0.15) is 25.3 Å². The van der Waals surface area contributed by atoms with Gasteiger partial charge in [-0.05, 0) is 23.6 Å². The number of thioether (sulfide) groups is 1. The van der Waals surface area contributed by atoms with Crippen LogP contribution in [0, 0.1) is 0 Å². The maximum atomic E-state index is 11.5. The van der Waals surface area contributed by atoms with Crippen LogP contribution in [0.15, 0.2) is 28.6 Å². The molecular weight excluding hydrogens is 346 g/mol. The Kier molecular flexibility index (Phi) is 6.56. The highest BCUT2D eigenvalue weighted by atomic mass is 32.2. The maximum Gasteiger partial charge on any atom is 0.321 e. The Morgan fingerprint density at radius 1 is 1.21 bits per heavy atom. The number of hydrogen-bond acceptors (Lipinski definition) is 7. The minimum absolute atomic E-state index is 0.102. The maximum absolute atomic E-state index is 11.5. The van der Waals surface area contributed by atoms with Crippen molar-refractivity contribution in [1.82, 2.24) is 20.8 Å². The highest BCUT2D eigenvalue weighted by Gasteiger charge is 2.10. The number of aromatic nitrogens is 2. The number of imide groups is 1. The first kappa shape index (κ1) is 18.2. The van der Waals surface area contributed by atoms with Gasteiger partial charge in [-0.2, -0.15) is 0 Å². The lowest BCUT2D eigenvalue weighted by Crippen LogP contribution is -2.38. The van der Waals surface area contributed by atoms with E-state index >= 15 is 0 Å². The van der Waals surface area contributed by atoms with Crippen LogP contribution in [-0.2, 0) is 4.79 Å². The standard InChI is InChI=1S/C15H19N5O2S2/c1-9(2)10-4-6-11(7-5-10)17-14-19-20-15(24-14)23-8-12(21)18-13(22)16-3/h4-7,9H,8H2,1-3H3,(H,17,19)(H2,16,18,21,22). The topological polar surface area (TPSA) is 96.0 Å². The molecule has 0 saturated carbocycles. The van der Waals surface area contributed by atoms with Gasteiger partial charge in [0.15, 0.2) is 4.34 Å². The van der Waals surface area contributed by atoms with E-state index in [9.17, 15) is 9.59 Å². The lowest BCUT2D eigenvalue weighted by molar-refractivity contribution is -0.117. The molecule has 0 atom stereocenters. The van der Waals surface area contributed by atoms with Gasteiger partial charge in [0.05, 0.1) is 5.75 Å². The van der Waals surface area contributed by atoms with Gasteiger partial charge in [-0.1, -0.05) is 49.1 Å². The second kappa shape index (κ2) is 8.65. The van der Waals surface area contributed by atoms with Crippen molar-refractivity contribution in [1.29, 1.82) is 0 Å².